The lowest BCUT2D eigenvalue weighted by molar-refractivity contribution is 1.10. The first-order valence-corrected chi connectivity index (χ1v) is 4.48. The Labute approximate surface area is 78.0 Å². The lowest BCUT2D eigenvalue weighted by atomic mass is 10.2. The van der Waals surface area contributed by atoms with Gasteiger partial charge in [0, 0.05) is 29.4 Å². The maximum Gasteiger partial charge on any atom is 0.0471 e. The van der Waals surface area contributed by atoms with E-state index in [1.165, 1.54) is 0 Å². The fourth-order valence-corrected chi connectivity index (χ4v) is 1.32. The van der Waals surface area contributed by atoms with Gasteiger partial charge in [0.15, 0.2) is 0 Å². The predicted molar refractivity (Wildman–Crippen MR) is 56.0 cm³/mol. The fourth-order valence-electron chi connectivity index (χ4n) is 1.32. The average molecular weight is 172 g/mol. The van der Waals surface area contributed by atoms with Crippen LogP contribution in [-0.4, -0.2) is 6.21 Å². The normalized spacial score (nSPS) is 14.1. The van der Waals surface area contributed by atoms with Gasteiger partial charge in [0.05, 0.1) is 0 Å². The number of para-hydroxylation sites is 1. The van der Waals surface area contributed by atoms with Gasteiger partial charge in [0.1, 0.15) is 0 Å². The highest BCUT2D eigenvalue weighted by Gasteiger charge is 2.02. The zero-order valence-corrected chi connectivity index (χ0v) is 7.62. The third-order valence-electron chi connectivity index (χ3n) is 2.08. The van der Waals surface area contributed by atoms with Crippen LogP contribution in [0.25, 0.3) is 0 Å². The van der Waals surface area contributed by atoms with E-state index in [9.17, 15) is 0 Å². The van der Waals surface area contributed by atoms with Crippen molar-refractivity contribution in [2.45, 2.75) is 13.3 Å². The maximum atomic E-state index is 4.21. The topological polar surface area (TPSA) is 24.4 Å². The zero-order valence-electron chi connectivity index (χ0n) is 7.62. The van der Waals surface area contributed by atoms with Crippen molar-refractivity contribution in [2.24, 2.45) is 4.99 Å². The Morgan fingerprint density at radius 3 is 3.00 bits per heavy atom. The molecular formula is C11H12N2. The molecule has 1 aromatic rings. The highest BCUT2D eigenvalue weighted by Crippen LogP contribution is 2.18. The highest BCUT2D eigenvalue weighted by molar-refractivity contribution is 5.89. The number of benzene rings is 1. The van der Waals surface area contributed by atoms with Crippen molar-refractivity contribution in [2.75, 3.05) is 5.32 Å². The van der Waals surface area contributed by atoms with Crippen molar-refractivity contribution in [3.63, 3.8) is 0 Å². The van der Waals surface area contributed by atoms with Gasteiger partial charge in [-0.25, -0.2) is 0 Å². The second-order valence-electron chi connectivity index (χ2n) is 3.00. The Hall–Kier alpha value is -1.57. The van der Waals surface area contributed by atoms with Gasteiger partial charge in [-0.05, 0) is 12.5 Å². The molecule has 1 N–H and O–H groups in total. The van der Waals surface area contributed by atoms with Crippen LogP contribution in [0.3, 0.4) is 0 Å². The monoisotopic (exact) mass is 172 g/mol. The second kappa shape index (κ2) is 3.44. The predicted octanol–water partition coefficient (Wildman–Crippen LogP) is 2.78. The summed E-state index contributed by atoms with van der Waals surface area (Å²) >= 11 is 0. The van der Waals surface area contributed by atoms with Gasteiger partial charge in [-0.15, -0.1) is 0 Å². The molecule has 13 heavy (non-hydrogen) atoms. The molecule has 0 aliphatic carbocycles. The molecule has 0 spiro atoms. The van der Waals surface area contributed by atoms with Gasteiger partial charge >= 0.3 is 0 Å². The van der Waals surface area contributed by atoms with E-state index in [2.05, 4.69) is 29.4 Å². The molecule has 0 amide bonds. The first-order chi connectivity index (χ1) is 6.40. The van der Waals surface area contributed by atoms with E-state index in [1.54, 1.807) is 0 Å². The van der Waals surface area contributed by atoms with E-state index < -0.39 is 0 Å². The molecule has 0 bridgehead atoms. The molecule has 2 heteroatoms. The van der Waals surface area contributed by atoms with Gasteiger partial charge < -0.3 is 5.32 Å². The molecule has 1 aliphatic heterocycles. The fraction of sp³-hybridized carbons (Fsp3) is 0.182. The summed E-state index contributed by atoms with van der Waals surface area (Å²) in [6.45, 7) is 2.11. The van der Waals surface area contributed by atoms with Gasteiger partial charge in [-0.1, -0.05) is 25.1 Å². The summed E-state index contributed by atoms with van der Waals surface area (Å²) in [5, 5.41) is 3.35. The lowest BCUT2D eigenvalue weighted by Crippen LogP contribution is -1.98. The van der Waals surface area contributed by atoms with Gasteiger partial charge in [0.25, 0.3) is 0 Å². The summed E-state index contributed by atoms with van der Waals surface area (Å²) in [6, 6.07) is 8.16. The van der Waals surface area contributed by atoms with Crippen LogP contribution >= 0.6 is 0 Å². The van der Waals surface area contributed by atoms with E-state index in [0.29, 0.717) is 0 Å². The third-order valence-corrected chi connectivity index (χ3v) is 2.08. The quantitative estimate of drug-likeness (QED) is 0.692. The molecule has 0 unspecified atom stereocenters. The van der Waals surface area contributed by atoms with Crippen LogP contribution in [0.15, 0.2) is 41.2 Å². The Balaban J connectivity index is 2.40. The van der Waals surface area contributed by atoms with Crippen LogP contribution in [-0.2, 0) is 0 Å². The summed E-state index contributed by atoms with van der Waals surface area (Å²) in [5.74, 6) is 0. The Kier molecular flexibility index (Phi) is 2.13. The smallest absolute Gasteiger partial charge is 0.0471 e. The van der Waals surface area contributed by atoms with Crippen molar-refractivity contribution in [1.29, 1.82) is 0 Å². The molecule has 1 aliphatic rings. The highest BCUT2D eigenvalue weighted by atomic mass is 14.9. The van der Waals surface area contributed by atoms with Crippen LogP contribution in [0.2, 0.25) is 0 Å². The number of fused-ring (bicyclic) bond motifs is 1. The number of hydrogen-bond donors (Lipinski definition) is 1. The van der Waals surface area contributed by atoms with Crippen molar-refractivity contribution < 1.29 is 0 Å². The molecule has 0 saturated heterocycles. The largest absolute Gasteiger partial charge is 0.357 e. The number of hydrogen-bond acceptors (Lipinski definition) is 2. The van der Waals surface area contributed by atoms with Crippen molar-refractivity contribution in [1.82, 2.24) is 0 Å². The van der Waals surface area contributed by atoms with Crippen molar-refractivity contribution >= 4 is 11.9 Å². The molecule has 0 atom stereocenters. The minimum Gasteiger partial charge on any atom is -0.357 e. The molecule has 2 nitrogen and oxygen atoms in total. The number of nitrogens with one attached hydrogen (secondary N) is 1. The second-order valence-corrected chi connectivity index (χ2v) is 3.00. The zero-order chi connectivity index (χ0) is 9.10. The SMILES string of the molecule is CCC1=CN=Cc2ccccc2N1. The molecule has 0 aromatic heterocycles. The van der Waals surface area contributed by atoms with E-state index in [1.807, 2.05) is 24.5 Å². The summed E-state index contributed by atoms with van der Waals surface area (Å²) in [5.41, 5.74) is 3.43. The van der Waals surface area contributed by atoms with Crippen LogP contribution in [0.5, 0.6) is 0 Å². The molecule has 1 heterocycles. The number of aliphatic imine (C=N–C) groups is 1. The standard InChI is InChI=1S/C11H12N2/c1-2-10-8-12-7-9-5-3-4-6-11(9)13-10/h3-8,13H,2H2,1H3. The van der Waals surface area contributed by atoms with E-state index in [0.717, 1.165) is 23.4 Å². The Morgan fingerprint density at radius 2 is 2.15 bits per heavy atom. The Bertz CT molecular complexity index is 364. The third kappa shape index (κ3) is 1.61. The molecule has 0 saturated carbocycles. The molecule has 2 rings (SSSR count). The minimum absolute atomic E-state index is 0.978. The summed E-state index contributed by atoms with van der Waals surface area (Å²) in [6.07, 6.45) is 4.73. The molecule has 0 fully saturated rings. The van der Waals surface area contributed by atoms with Crippen LogP contribution in [0.4, 0.5) is 5.69 Å². The maximum absolute atomic E-state index is 4.21. The Morgan fingerprint density at radius 1 is 1.31 bits per heavy atom. The first kappa shape index (κ1) is 8.05. The minimum atomic E-state index is 0.978. The first-order valence-electron chi connectivity index (χ1n) is 4.48. The summed E-state index contributed by atoms with van der Waals surface area (Å²) < 4.78 is 0. The van der Waals surface area contributed by atoms with E-state index >= 15 is 0 Å². The summed E-state index contributed by atoms with van der Waals surface area (Å²) in [4.78, 5) is 4.21. The van der Waals surface area contributed by atoms with Crippen LogP contribution < -0.4 is 5.32 Å². The number of rotatable bonds is 1. The van der Waals surface area contributed by atoms with E-state index in [4.69, 9.17) is 0 Å². The van der Waals surface area contributed by atoms with Gasteiger partial charge in [0.2, 0.25) is 0 Å². The van der Waals surface area contributed by atoms with Crippen molar-refractivity contribution in [3.05, 3.63) is 41.7 Å². The van der Waals surface area contributed by atoms with E-state index in [-0.39, 0.29) is 0 Å². The number of allylic oxidation sites excluding steroid dienone is 1. The van der Waals surface area contributed by atoms with Crippen LogP contribution in [0, 0.1) is 0 Å². The summed E-state index contributed by atoms with van der Waals surface area (Å²) in [7, 11) is 0. The number of anilines is 1. The van der Waals surface area contributed by atoms with Gasteiger partial charge in [-0.3, -0.25) is 4.99 Å². The van der Waals surface area contributed by atoms with Crippen LogP contribution in [0.1, 0.15) is 18.9 Å². The van der Waals surface area contributed by atoms with Gasteiger partial charge in [-0.2, -0.15) is 0 Å². The molecular weight excluding hydrogens is 160 g/mol. The number of nitrogens with zero attached hydrogens (tertiary/aromatic N) is 1. The molecule has 0 radical (unpaired) electrons. The molecule has 1 aromatic carbocycles. The van der Waals surface area contributed by atoms with Crippen molar-refractivity contribution in [3.8, 4) is 0 Å². The average Bonchev–Trinajstić information content (AvgIpc) is 2.38. The molecule has 66 valence electrons. The lowest BCUT2D eigenvalue weighted by Gasteiger charge is -2.07.